The molecule has 162 valence electrons. The SMILES string of the molecule is C[C@H](CCc1ccccc1)NC(=O)[C@@H]1CCCN(S(=O)(=O)Cc2ccc(Cl)cc2)C1. The third-order valence-corrected chi connectivity index (χ3v) is 7.58. The molecule has 0 saturated carbocycles. The van der Waals surface area contributed by atoms with Crippen molar-refractivity contribution in [2.24, 2.45) is 5.92 Å². The Labute approximate surface area is 184 Å². The Morgan fingerprint density at radius 3 is 2.53 bits per heavy atom. The van der Waals surface area contributed by atoms with Gasteiger partial charge in [0.05, 0.1) is 11.7 Å². The van der Waals surface area contributed by atoms with Gasteiger partial charge >= 0.3 is 0 Å². The van der Waals surface area contributed by atoms with Gasteiger partial charge in [-0.1, -0.05) is 54.1 Å². The lowest BCUT2D eigenvalue weighted by atomic mass is 9.98. The fraction of sp³-hybridized carbons (Fsp3) is 0.435. The molecule has 0 aliphatic carbocycles. The topological polar surface area (TPSA) is 66.5 Å². The van der Waals surface area contributed by atoms with Gasteiger partial charge in [0.25, 0.3) is 0 Å². The summed E-state index contributed by atoms with van der Waals surface area (Å²) in [6.07, 6.45) is 3.15. The van der Waals surface area contributed by atoms with Crippen molar-refractivity contribution in [2.75, 3.05) is 13.1 Å². The Morgan fingerprint density at radius 2 is 1.83 bits per heavy atom. The lowest BCUT2D eigenvalue weighted by molar-refractivity contribution is -0.126. The molecule has 0 aromatic heterocycles. The van der Waals surface area contributed by atoms with Gasteiger partial charge in [0.1, 0.15) is 0 Å². The fourth-order valence-electron chi connectivity index (χ4n) is 3.75. The Hall–Kier alpha value is -1.89. The molecule has 5 nitrogen and oxygen atoms in total. The van der Waals surface area contributed by atoms with Crippen molar-refractivity contribution in [1.29, 1.82) is 0 Å². The number of aryl methyl sites for hydroxylation is 1. The van der Waals surface area contributed by atoms with Gasteiger partial charge in [0.15, 0.2) is 0 Å². The van der Waals surface area contributed by atoms with Crippen molar-refractivity contribution in [2.45, 2.75) is 44.4 Å². The van der Waals surface area contributed by atoms with Crippen molar-refractivity contribution in [3.8, 4) is 0 Å². The summed E-state index contributed by atoms with van der Waals surface area (Å²) < 4.78 is 27.2. The Bertz CT molecular complexity index is 933. The van der Waals surface area contributed by atoms with Gasteiger partial charge in [-0.15, -0.1) is 0 Å². The van der Waals surface area contributed by atoms with Crippen LogP contribution in [-0.4, -0.2) is 37.8 Å². The van der Waals surface area contributed by atoms with Crippen LogP contribution in [0.2, 0.25) is 5.02 Å². The second-order valence-corrected chi connectivity index (χ2v) is 10.4. The summed E-state index contributed by atoms with van der Waals surface area (Å²) in [7, 11) is -3.48. The normalized spacial score (nSPS) is 18.7. The smallest absolute Gasteiger partial charge is 0.224 e. The molecule has 2 aromatic carbocycles. The third-order valence-electron chi connectivity index (χ3n) is 5.51. The maximum absolute atomic E-state index is 12.9. The van der Waals surface area contributed by atoms with Crippen molar-refractivity contribution in [1.82, 2.24) is 9.62 Å². The minimum atomic E-state index is -3.48. The van der Waals surface area contributed by atoms with Crippen LogP contribution in [0.15, 0.2) is 54.6 Å². The minimum absolute atomic E-state index is 0.0405. The maximum atomic E-state index is 12.9. The first-order valence-electron chi connectivity index (χ1n) is 10.4. The average Bonchev–Trinajstić information content (AvgIpc) is 2.74. The lowest BCUT2D eigenvalue weighted by Gasteiger charge is -2.32. The van der Waals surface area contributed by atoms with Gasteiger partial charge in [-0.3, -0.25) is 4.79 Å². The van der Waals surface area contributed by atoms with Crippen LogP contribution in [0.3, 0.4) is 0 Å². The molecule has 0 radical (unpaired) electrons. The second kappa shape index (κ2) is 10.4. The molecule has 1 amide bonds. The first-order chi connectivity index (χ1) is 14.3. The summed E-state index contributed by atoms with van der Waals surface area (Å²) in [5.41, 5.74) is 1.94. The molecule has 1 aliphatic rings. The molecule has 1 fully saturated rings. The molecule has 7 heteroatoms. The zero-order valence-electron chi connectivity index (χ0n) is 17.3. The van der Waals surface area contributed by atoms with Gasteiger partial charge in [0.2, 0.25) is 15.9 Å². The van der Waals surface area contributed by atoms with Crippen LogP contribution < -0.4 is 5.32 Å². The molecule has 30 heavy (non-hydrogen) atoms. The molecule has 0 bridgehead atoms. The molecule has 0 unspecified atom stereocenters. The van der Waals surface area contributed by atoms with E-state index in [1.165, 1.54) is 9.87 Å². The van der Waals surface area contributed by atoms with E-state index in [1.807, 2.05) is 25.1 Å². The predicted molar refractivity (Wildman–Crippen MR) is 121 cm³/mol. The number of hydrogen-bond donors (Lipinski definition) is 1. The van der Waals surface area contributed by atoms with Crippen LogP contribution >= 0.6 is 11.6 Å². The number of sulfonamides is 1. The van der Waals surface area contributed by atoms with Crippen molar-refractivity contribution in [3.05, 3.63) is 70.7 Å². The van der Waals surface area contributed by atoms with Gasteiger partial charge in [0, 0.05) is 24.2 Å². The predicted octanol–water partition coefficient (Wildman–Crippen LogP) is 4.02. The number of hydrogen-bond acceptors (Lipinski definition) is 3. The number of rotatable bonds is 8. The number of nitrogens with one attached hydrogen (secondary N) is 1. The van der Waals surface area contributed by atoms with Crippen LogP contribution in [0.25, 0.3) is 0 Å². The number of nitrogens with zero attached hydrogens (tertiary/aromatic N) is 1. The van der Waals surface area contributed by atoms with E-state index in [4.69, 9.17) is 11.6 Å². The van der Waals surface area contributed by atoms with E-state index in [2.05, 4.69) is 17.4 Å². The summed E-state index contributed by atoms with van der Waals surface area (Å²) in [6.45, 7) is 2.70. The van der Waals surface area contributed by atoms with Crippen molar-refractivity contribution < 1.29 is 13.2 Å². The fourth-order valence-corrected chi connectivity index (χ4v) is 5.49. The van der Waals surface area contributed by atoms with Gasteiger partial charge in [-0.05, 0) is 55.9 Å². The minimum Gasteiger partial charge on any atom is -0.353 e. The summed E-state index contributed by atoms with van der Waals surface area (Å²) in [5, 5.41) is 3.65. The molecule has 2 aromatic rings. The number of amides is 1. The lowest BCUT2D eigenvalue weighted by Crippen LogP contribution is -2.47. The molecule has 2 atom stereocenters. The highest BCUT2D eigenvalue weighted by Gasteiger charge is 2.32. The summed E-state index contributed by atoms with van der Waals surface area (Å²) in [4.78, 5) is 12.7. The summed E-state index contributed by atoms with van der Waals surface area (Å²) in [6, 6.07) is 17.1. The highest BCUT2D eigenvalue weighted by atomic mass is 35.5. The van der Waals surface area contributed by atoms with E-state index in [1.54, 1.807) is 24.3 Å². The van der Waals surface area contributed by atoms with E-state index in [-0.39, 0.29) is 30.2 Å². The number of halogens is 1. The number of piperidine rings is 1. The molecular formula is C23H29ClN2O3S. The van der Waals surface area contributed by atoms with Crippen molar-refractivity contribution in [3.63, 3.8) is 0 Å². The first-order valence-corrected chi connectivity index (χ1v) is 12.4. The molecule has 1 N–H and O–H groups in total. The van der Waals surface area contributed by atoms with Crippen LogP contribution in [0, 0.1) is 5.92 Å². The molecule has 1 aliphatic heterocycles. The number of carbonyl (C=O) groups is 1. The van der Waals surface area contributed by atoms with Crippen molar-refractivity contribution >= 4 is 27.5 Å². The zero-order valence-corrected chi connectivity index (χ0v) is 18.8. The van der Waals surface area contributed by atoms with Crippen LogP contribution in [0.5, 0.6) is 0 Å². The largest absolute Gasteiger partial charge is 0.353 e. The molecule has 0 spiro atoms. The molecule has 1 heterocycles. The van der Waals surface area contributed by atoms with E-state index < -0.39 is 10.0 Å². The van der Waals surface area contributed by atoms with E-state index >= 15 is 0 Å². The Balaban J connectivity index is 1.52. The van der Waals surface area contributed by atoms with Gasteiger partial charge in [-0.2, -0.15) is 0 Å². The van der Waals surface area contributed by atoms with E-state index in [0.29, 0.717) is 30.0 Å². The second-order valence-electron chi connectivity index (χ2n) is 8.01. The van der Waals surface area contributed by atoms with Crippen LogP contribution in [-0.2, 0) is 27.0 Å². The quantitative estimate of drug-likeness (QED) is 0.663. The summed E-state index contributed by atoms with van der Waals surface area (Å²) in [5.74, 6) is -0.439. The number of carbonyl (C=O) groups excluding carboxylic acids is 1. The highest BCUT2D eigenvalue weighted by Crippen LogP contribution is 2.22. The summed E-state index contributed by atoms with van der Waals surface area (Å²) >= 11 is 5.88. The average molecular weight is 449 g/mol. The van der Waals surface area contributed by atoms with E-state index in [0.717, 1.165) is 12.8 Å². The maximum Gasteiger partial charge on any atom is 0.224 e. The van der Waals surface area contributed by atoms with Crippen LogP contribution in [0.4, 0.5) is 0 Å². The third kappa shape index (κ3) is 6.56. The van der Waals surface area contributed by atoms with Gasteiger partial charge < -0.3 is 5.32 Å². The first kappa shape index (κ1) is 22.8. The monoisotopic (exact) mass is 448 g/mol. The van der Waals surface area contributed by atoms with Gasteiger partial charge in [-0.25, -0.2) is 12.7 Å². The zero-order chi connectivity index (χ0) is 21.6. The Morgan fingerprint density at radius 1 is 1.13 bits per heavy atom. The number of benzene rings is 2. The molecular weight excluding hydrogens is 420 g/mol. The van der Waals surface area contributed by atoms with Crippen LogP contribution in [0.1, 0.15) is 37.3 Å². The Kier molecular flexibility index (Phi) is 7.92. The molecule has 1 saturated heterocycles. The standard InChI is InChI=1S/C23H29ClN2O3S/c1-18(9-10-19-6-3-2-4-7-19)25-23(27)21-8-5-15-26(16-21)30(28,29)17-20-11-13-22(24)14-12-20/h2-4,6-7,11-14,18,21H,5,8-10,15-17H2,1H3,(H,25,27)/t18-,21-/m1/s1. The van der Waals surface area contributed by atoms with E-state index in [9.17, 15) is 13.2 Å². The highest BCUT2D eigenvalue weighted by molar-refractivity contribution is 7.88. The molecule has 3 rings (SSSR count).